The molecule has 0 saturated carbocycles. The van der Waals surface area contributed by atoms with E-state index in [1.807, 2.05) is 0 Å². The maximum Gasteiger partial charge on any atom is 0.416 e. The average Bonchev–Trinajstić information content (AvgIpc) is 2.71. The lowest BCUT2D eigenvalue weighted by Gasteiger charge is -2.16. The molecule has 0 heterocycles. The highest BCUT2D eigenvalue weighted by molar-refractivity contribution is 6.01. The fourth-order valence-corrected chi connectivity index (χ4v) is 2.94. The van der Waals surface area contributed by atoms with Gasteiger partial charge in [-0.2, -0.15) is 13.2 Å². The molecule has 0 aliphatic carbocycles. The van der Waals surface area contributed by atoms with E-state index in [4.69, 9.17) is 5.21 Å². The molecule has 0 aliphatic heterocycles. The molecule has 0 radical (unpaired) electrons. The zero-order chi connectivity index (χ0) is 21.2. The summed E-state index contributed by atoms with van der Waals surface area (Å²) in [4.78, 5) is 24.0. The number of amides is 2. The number of hydrogen-bond acceptors (Lipinski definition) is 3. The van der Waals surface area contributed by atoms with Crippen LogP contribution in [0.15, 0.2) is 60.7 Å². The van der Waals surface area contributed by atoms with E-state index in [-0.39, 0.29) is 5.56 Å². The van der Waals surface area contributed by atoms with Crippen LogP contribution in [-0.2, 0) is 6.18 Å². The van der Waals surface area contributed by atoms with Crippen molar-refractivity contribution in [1.29, 1.82) is 0 Å². The summed E-state index contributed by atoms with van der Waals surface area (Å²) >= 11 is 0. The van der Waals surface area contributed by atoms with Crippen LogP contribution in [0.25, 0.3) is 10.8 Å². The zero-order valence-electron chi connectivity index (χ0n) is 15.2. The van der Waals surface area contributed by atoms with Gasteiger partial charge in [-0.3, -0.25) is 14.8 Å². The Morgan fingerprint density at radius 2 is 1.48 bits per heavy atom. The number of halogens is 3. The topological polar surface area (TPSA) is 78.4 Å². The monoisotopic (exact) mass is 402 g/mol. The number of alkyl halides is 3. The molecular formula is C21H17F3N2O3. The van der Waals surface area contributed by atoms with Gasteiger partial charge in [-0.15, -0.1) is 0 Å². The lowest BCUT2D eigenvalue weighted by molar-refractivity contribution is -0.137. The van der Waals surface area contributed by atoms with E-state index in [0.717, 1.165) is 12.1 Å². The van der Waals surface area contributed by atoms with Gasteiger partial charge in [-0.1, -0.05) is 24.3 Å². The second-order valence-corrected chi connectivity index (χ2v) is 6.54. The summed E-state index contributed by atoms with van der Waals surface area (Å²) in [5.74, 6) is -1.09. The van der Waals surface area contributed by atoms with Crippen molar-refractivity contribution >= 4 is 22.6 Å². The Bertz CT molecular complexity index is 1080. The number of carbonyl (C=O) groups excluding carboxylic acids is 2. The highest BCUT2D eigenvalue weighted by Gasteiger charge is 2.30. The molecule has 0 aromatic heterocycles. The summed E-state index contributed by atoms with van der Waals surface area (Å²) in [5, 5.41) is 12.8. The molecule has 29 heavy (non-hydrogen) atoms. The van der Waals surface area contributed by atoms with Crippen molar-refractivity contribution in [2.45, 2.75) is 19.1 Å². The highest BCUT2D eigenvalue weighted by Crippen LogP contribution is 2.30. The van der Waals surface area contributed by atoms with E-state index >= 15 is 0 Å². The van der Waals surface area contributed by atoms with Crippen molar-refractivity contribution < 1.29 is 28.0 Å². The first-order chi connectivity index (χ1) is 13.7. The van der Waals surface area contributed by atoms with Gasteiger partial charge in [0, 0.05) is 11.1 Å². The standard InChI is InChI=1S/C21H17F3N2O3/c1-12(13-3-2-4-18(11-13)21(22,23)24)25-19(27)16-7-5-15-10-17(20(28)26-29)8-6-14(15)9-16/h2-12,29H,1H3,(H,25,27)(H,26,28). The molecule has 0 aliphatic rings. The summed E-state index contributed by atoms with van der Waals surface area (Å²) in [6.45, 7) is 1.61. The van der Waals surface area contributed by atoms with E-state index in [0.29, 0.717) is 21.9 Å². The van der Waals surface area contributed by atoms with Crippen LogP contribution in [0.5, 0.6) is 0 Å². The minimum atomic E-state index is -4.45. The predicted octanol–water partition coefficient (Wildman–Crippen LogP) is 4.47. The molecule has 1 atom stereocenters. The number of fused-ring (bicyclic) bond motifs is 1. The number of benzene rings is 3. The molecule has 3 aromatic carbocycles. The minimum absolute atomic E-state index is 0.260. The molecule has 0 fully saturated rings. The average molecular weight is 402 g/mol. The molecule has 0 spiro atoms. The van der Waals surface area contributed by atoms with E-state index in [1.54, 1.807) is 42.7 Å². The Morgan fingerprint density at radius 1 is 0.897 bits per heavy atom. The second-order valence-electron chi connectivity index (χ2n) is 6.54. The van der Waals surface area contributed by atoms with Crippen LogP contribution in [0.1, 0.15) is 44.8 Å². The summed E-state index contributed by atoms with van der Waals surface area (Å²) in [5.41, 5.74) is 1.71. The molecule has 150 valence electrons. The molecule has 0 bridgehead atoms. The molecule has 3 rings (SSSR count). The van der Waals surface area contributed by atoms with Crippen LogP contribution >= 0.6 is 0 Å². The second kappa shape index (κ2) is 7.92. The van der Waals surface area contributed by atoms with Crippen LogP contribution in [0.2, 0.25) is 0 Å². The molecular weight excluding hydrogens is 385 g/mol. The van der Waals surface area contributed by atoms with Gasteiger partial charge in [0.1, 0.15) is 0 Å². The van der Waals surface area contributed by atoms with Gasteiger partial charge < -0.3 is 5.32 Å². The first kappa shape index (κ1) is 20.3. The van der Waals surface area contributed by atoms with E-state index in [2.05, 4.69) is 5.32 Å². The summed E-state index contributed by atoms with van der Waals surface area (Å²) in [6, 6.07) is 13.7. The predicted molar refractivity (Wildman–Crippen MR) is 101 cm³/mol. The Hall–Kier alpha value is -3.39. The Balaban J connectivity index is 1.80. The number of nitrogens with one attached hydrogen (secondary N) is 2. The molecule has 5 nitrogen and oxygen atoms in total. The maximum atomic E-state index is 12.9. The molecule has 0 saturated heterocycles. The number of carbonyl (C=O) groups is 2. The van der Waals surface area contributed by atoms with Gasteiger partial charge in [0.25, 0.3) is 11.8 Å². The van der Waals surface area contributed by atoms with E-state index in [9.17, 15) is 22.8 Å². The first-order valence-corrected chi connectivity index (χ1v) is 8.65. The molecule has 8 heteroatoms. The lowest BCUT2D eigenvalue weighted by atomic mass is 10.0. The first-order valence-electron chi connectivity index (χ1n) is 8.65. The largest absolute Gasteiger partial charge is 0.416 e. The quantitative estimate of drug-likeness (QED) is 0.445. The van der Waals surface area contributed by atoms with Crippen molar-refractivity contribution in [2.75, 3.05) is 0 Å². The Labute approximate surface area is 164 Å². The van der Waals surface area contributed by atoms with Crippen molar-refractivity contribution in [2.24, 2.45) is 0 Å². The maximum absolute atomic E-state index is 12.9. The van der Waals surface area contributed by atoms with Crippen molar-refractivity contribution in [3.8, 4) is 0 Å². The molecule has 1 unspecified atom stereocenters. The van der Waals surface area contributed by atoms with E-state index in [1.165, 1.54) is 18.2 Å². The van der Waals surface area contributed by atoms with E-state index < -0.39 is 29.6 Å². The third-order valence-electron chi connectivity index (χ3n) is 4.53. The van der Waals surface area contributed by atoms with Gasteiger partial charge in [-0.25, -0.2) is 5.48 Å². The van der Waals surface area contributed by atoms with Gasteiger partial charge in [0.2, 0.25) is 0 Å². The van der Waals surface area contributed by atoms with Crippen LogP contribution in [0, 0.1) is 0 Å². The third-order valence-corrected chi connectivity index (χ3v) is 4.53. The Morgan fingerprint density at radius 3 is 2.03 bits per heavy atom. The third kappa shape index (κ3) is 4.55. The normalized spacial score (nSPS) is 12.4. The van der Waals surface area contributed by atoms with Crippen LogP contribution in [0.4, 0.5) is 13.2 Å². The fraction of sp³-hybridized carbons (Fsp3) is 0.143. The van der Waals surface area contributed by atoms with Crippen molar-refractivity contribution in [3.05, 3.63) is 82.9 Å². The van der Waals surface area contributed by atoms with Crippen LogP contribution < -0.4 is 10.8 Å². The highest BCUT2D eigenvalue weighted by atomic mass is 19.4. The number of hydroxylamine groups is 1. The van der Waals surface area contributed by atoms with Crippen LogP contribution in [0.3, 0.4) is 0 Å². The van der Waals surface area contributed by atoms with Gasteiger partial charge in [-0.05, 0) is 59.7 Å². The Kier molecular flexibility index (Phi) is 5.56. The molecule has 2 amide bonds. The molecule has 3 N–H and O–H groups in total. The summed E-state index contributed by atoms with van der Waals surface area (Å²) in [7, 11) is 0. The number of hydrogen-bond donors (Lipinski definition) is 3. The van der Waals surface area contributed by atoms with Gasteiger partial charge >= 0.3 is 6.18 Å². The van der Waals surface area contributed by atoms with Crippen molar-refractivity contribution in [3.63, 3.8) is 0 Å². The lowest BCUT2D eigenvalue weighted by Crippen LogP contribution is -2.26. The van der Waals surface area contributed by atoms with Crippen molar-refractivity contribution in [1.82, 2.24) is 10.8 Å². The van der Waals surface area contributed by atoms with Crippen LogP contribution in [-0.4, -0.2) is 17.0 Å². The fourth-order valence-electron chi connectivity index (χ4n) is 2.94. The smallest absolute Gasteiger partial charge is 0.346 e. The van der Waals surface area contributed by atoms with Gasteiger partial charge in [0.05, 0.1) is 11.6 Å². The molecule has 3 aromatic rings. The summed E-state index contributed by atoms with van der Waals surface area (Å²) in [6.07, 6.45) is -4.45. The minimum Gasteiger partial charge on any atom is -0.346 e. The number of rotatable bonds is 4. The van der Waals surface area contributed by atoms with Gasteiger partial charge in [0.15, 0.2) is 0 Å². The zero-order valence-corrected chi connectivity index (χ0v) is 15.2. The summed E-state index contributed by atoms with van der Waals surface area (Å²) < 4.78 is 38.6. The SMILES string of the molecule is CC(NC(=O)c1ccc2cc(C(=O)NO)ccc2c1)c1cccc(C(F)(F)F)c1.